The number of carbonyl (C=O) groups is 2. The molecule has 1 aromatic rings. The van der Waals surface area contributed by atoms with Gasteiger partial charge < -0.3 is 15.5 Å². The van der Waals surface area contributed by atoms with Crippen molar-refractivity contribution in [3.63, 3.8) is 0 Å². The Balaban J connectivity index is 1.71. The monoisotopic (exact) mass is 450 g/mol. The van der Waals surface area contributed by atoms with E-state index >= 15 is 0 Å². The number of piperidine rings is 1. The summed E-state index contributed by atoms with van der Waals surface area (Å²) in [5.41, 5.74) is 1.11. The molecule has 1 aliphatic carbocycles. The molecule has 2 fully saturated rings. The largest absolute Gasteiger partial charge is 0.371 e. The molecular weight excluding hydrogens is 416 g/mol. The van der Waals surface area contributed by atoms with Crippen LogP contribution in [0, 0.1) is 5.92 Å². The summed E-state index contributed by atoms with van der Waals surface area (Å²) in [6.45, 7) is 2.34. The van der Waals surface area contributed by atoms with E-state index in [2.05, 4.69) is 15.5 Å². The number of hydrogen-bond donors (Lipinski definition) is 2. The van der Waals surface area contributed by atoms with E-state index in [1.54, 1.807) is 12.1 Å². The molecule has 172 valence electrons. The van der Waals surface area contributed by atoms with E-state index in [1.807, 2.05) is 0 Å². The Hall–Kier alpha value is -2.13. The third kappa shape index (κ3) is 5.77. The van der Waals surface area contributed by atoms with Crippen LogP contribution < -0.4 is 15.5 Å². The van der Waals surface area contributed by atoms with Crippen LogP contribution in [-0.4, -0.2) is 64.8 Å². The van der Waals surface area contributed by atoms with Gasteiger partial charge >= 0.3 is 0 Å². The van der Waals surface area contributed by atoms with Crippen molar-refractivity contribution in [2.75, 3.05) is 45.2 Å². The van der Waals surface area contributed by atoms with Gasteiger partial charge in [-0.15, -0.1) is 0 Å². The topological polar surface area (TPSA) is 98.8 Å². The van der Waals surface area contributed by atoms with E-state index in [9.17, 15) is 18.0 Å². The number of amides is 2. The molecule has 9 heteroatoms. The molecule has 1 aliphatic heterocycles. The molecule has 0 atom stereocenters. The van der Waals surface area contributed by atoms with E-state index in [4.69, 9.17) is 0 Å². The fraction of sp³-hybridized carbons (Fsp3) is 0.636. The molecule has 1 saturated heterocycles. The van der Waals surface area contributed by atoms with Crippen LogP contribution in [0.1, 0.15) is 55.3 Å². The highest BCUT2D eigenvalue weighted by molar-refractivity contribution is 7.89. The Morgan fingerprint density at radius 3 is 2.29 bits per heavy atom. The lowest BCUT2D eigenvalue weighted by molar-refractivity contribution is -0.124. The fourth-order valence-electron chi connectivity index (χ4n) is 4.27. The van der Waals surface area contributed by atoms with Crippen molar-refractivity contribution < 1.29 is 18.0 Å². The predicted octanol–water partition coefficient (Wildman–Crippen LogP) is 1.96. The Bertz CT molecular complexity index is 889. The van der Waals surface area contributed by atoms with E-state index < -0.39 is 10.0 Å². The number of anilines is 1. The standard InChI is InChI=1S/C22H34N4O4S/c1-25(2)31(29,30)18-10-11-20(26-14-6-3-7-15-26)19(16-18)22(28)24-13-12-23-21(27)17-8-4-5-9-17/h10-11,16-17H,3-9,12-15H2,1-2H3,(H,23,27)(H,24,28). The van der Waals surface area contributed by atoms with E-state index in [0.717, 1.165) is 68.0 Å². The summed E-state index contributed by atoms with van der Waals surface area (Å²) in [6.07, 6.45) is 7.32. The van der Waals surface area contributed by atoms with Crippen LogP contribution in [0.5, 0.6) is 0 Å². The van der Waals surface area contributed by atoms with Crippen molar-refractivity contribution >= 4 is 27.5 Å². The maximum atomic E-state index is 13.0. The van der Waals surface area contributed by atoms with Gasteiger partial charge in [0.1, 0.15) is 0 Å². The van der Waals surface area contributed by atoms with Crippen LogP contribution in [0.25, 0.3) is 0 Å². The number of hydrogen-bond acceptors (Lipinski definition) is 5. The zero-order valence-corrected chi connectivity index (χ0v) is 19.3. The molecule has 3 rings (SSSR count). The molecule has 0 radical (unpaired) electrons. The second-order valence-electron chi connectivity index (χ2n) is 8.54. The number of benzene rings is 1. The van der Waals surface area contributed by atoms with Gasteiger partial charge in [0, 0.05) is 51.9 Å². The molecule has 8 nitrogen and oxygen atoms in total. The van der Waals surface area contributed by atoms with E-state index in [0.29, 0.717) is 18.7 Å². The Kier molecular flexibility index (Phi) is 7.94. The summed E-state index contributed by atoms with van der Waals surface area (Å²) >= 11 is 0. The Morgan fingerprint density at radius 2 is 1.65 bits per heavy atom. The van der Waals surface area contributed by atoms with Crippen molar-refractivity contribution in [3.8, 4) is 0 Å². The van der Waals surface area contributed by atoms with Crippen molar-refractivity contribution in [2.45, 2.75) is 49.8 Å². The first-order chi connectivity index (χ1) is 14.8. The van der Waals surface area contributed by atoms with Gasteiger partial charge in [-0.05, 0) is 50.3 Å². The zero-order valence-electron chi connectivity index (χ0n) is 18.5. The summed E-state index contributed by atoms with van der Waals surface area (Å²) in [4.78, 5) is 27.4. The maximum Gasteiger partial charge on any atom is 0.253 e. The summed E-state index contributed by atoms with van der Waals surface area (Å²) < 4.78 is 26.3. The van der Waals surface area contributed by atoms with Crippen molar-refractivity contribution in [1.82, 2.24) is 14.9 Å². The normalized spacial score (nSPS) is 17.7. The maximum absolute atomic E-state index is 13.0. The molecule has 0 unspecified atom stereocenters. The smallest absolute Gasteiger partial charge is 0.253 e. The summed E-state index contributed by atoms with van der Waals surface area (Å²) in [6, 6.07) is 4.77. The highest BCUT2D eigenvalue weighted by Gasteiger charge is 2.25. The second kappa shape index (κ2) is 10.5. The molecule has 2 N–H and O–H groups in total. The fourth-order valence-corrected chi connectivity index (χ4v) is 5.20. The molecule has 0 spiro atoms. The first-order valence-corrected chi connectivity index (χ1v) is 12.6. The molecule has 0 aromatic heterocycles. The summed E-state index contributed by atoms with van der Waals surface area (Å²) in [5.74, 6) is -0.180. The van der Waals surface area contributed by atoms with E-state index in [-0.39, 0.29) is 22.6 Å². The van der Waals surface area contributed by atoms with Gasteiger partial charge in [-0.3, -0.25) is 9.59 Å². The summed E-state index contributed by atoms with van der Waals surface area (Å²) in [5, 5.41) is 5.74. The third-order valence-electron chi connectivity index (χ3n) is 6.12. The van der Waals surface area contributed by atoms with Gasteiger partial charge in [0.25, 0.3) is 5.91 Å². The van der Waals surface area contributed by atoms with Gasteiger partial charge in [0.15, 0.2) is 0 Å². The van der Waals surface area contributed by atoms with Crippen LogP contribution in [0.15, 0.2) is 23.1 Å². The lowest BCUT2D eigenvalue weighted by atomic mass is 10.1. The zero-order chi connectivity index (χ0) is 22.4. The Labute approximate surface area is 185 Å². The summed E-state index contributed by atoms with van der Waals surface area (Å²) in [7, 11) is -0.703. The lowest BCUT2D eigenvalue weighted by Crippen LogP contribution is -2.38. The molecule has 1 heterocycles. The molecular formula is C22H34N4O4S. The molecule has 0 bridgehead atoms. The average Bonchev–Trinajstić information content (AvgIpc) is 3.31. The quantitative estimate of drug-likeness (QED) is 0.590. The van der Waals surface area contributed by atoms with Crippen LogP contribution in [0.3, 0.4) is 0 Å². The number of nitrogens with one attached hydrogen (secondary N) is 2. The van der Waals surface area contributed by atoms with Gasteiger partial charge in [0.05, 0.1) is 10.5 Å². The number of nitrogens with zero attached hydrogens (tertiary/aromatic N) is 2. The van der Waals surface area contributed by atoms with E-state index in [1.165, 1.54) is 20.2 Å². The molecule has 2 aliphatic rings. The van der Waals surface area contributed by atoms with Crippen molar-refractivity contribution in [1.29, 1.82) is 0 Å². The van der Waals surface area contributed by atoms with Crippen LogP contribution in [0.2, 0.25) is 0 Å². The van der Waals surface area contributed by atoms with Crippen LogP contribution in [0.4, 0.5) is 5.69 Å². The van der Waals surface area contributed by atoms with Gasteiger partial charge in [0.2, 0.25) is 15.9 Å². The third-order valence-corrected chi connectivity index (χ3v) is 7.93. The average molecular weight is 451 g/mol. The molecule has 1 saturated carbocycles. The molecule has 31 heavy (non-hydrogen) atoms. The molecule has 2 amide bonds. The minimum atomic E-state index is -3.65. The van der Waals surface area contributed by atoms with Crippen LogP contribution >= 0.6 is 0 Å². The number of carbonyl (C=O) groups excluding carboxylic acids is 2. The Morgan fingerprint density at radius 1 is 1.00 bits per heavy atom. The number of sulfonamides is 1. The van der Waals surface area contributed by atoms with Crippen molar-refractivity contribution in [3.05, 3.63) is 23.8 Å². The number of rotatable bonds is 8. The van der Waals surface area contributed by atoms with Crippen LogP contribution in [-0.2, 0) is 14.8 Å². The molecule has 1 aromatic carbocycles. The first-order valence-electron chi connectivity index (χ1n) is 11.2. The highest BCUT2D eigenvalue weighted by Crippen LogP contribution is 2.28. The second-order valence-corrected chi connectivity index (χ2v) is 10.7. The SMILES string of the molecule is CN(C)S(=O)(=O)c1ccc(N2CCCCC2)c(C(=O)NCCNC(=O)C2CCCC2)c1. The van der Waals surface area contributed by atoms with Gasteiger partial charge in [-0.25, -0.2) is 12.7 Å². The highest BCUT2D eigenvalue weighted by atomic mass is 32.2. The predicted molar refractivity (Wildman–Crippen MR) is 121 cm³/mol. The first kappa shape index (κ1) is 23.5. The lowest BCUT2D eigenvalue weighted by Gasteiger charge is -2.30. The van der Waals surface area contributed by atoms with Crippen molar-refractivity contribution in [2.24, 2.45) is 5.92 Å². The minimum absolute atomic E-state index is 0.0554. The van der Waals surface area contributed by atoms with Gasteiger partial charge in [-0.1, -0.05) is 12.8 Å². The minimum Gasteiger partial charge on any atom is -0.371 e. The van der Waals surface area contributed by atoms with Gasteiger partial charge in [-0.2, -0.15) is 0 Å².